The van der Waals surface area contributed by atoms with Crippen LogP contribution in [0.5, 0.6) is 0 Å². The van der Waals surface area contributed by atoms with Gasteiger partial charge >= 0.3 is 0 Å². The molecule has 4 rings (SSSR count). The third-order valence-electron chi connectivity index (χ3n) is 5.13. The third kappa shape index (κ3) is 5.00. The molecule has 1 aromatic heterocycles. The highest BCUT2D eigenvalue weighted by Gasteiger charge is 2.25. The molecule has 0 radical (unpaired) electrons. The van der Waals surface area contributed by atoms with E-state index in [0.29, 0.717) is 17.8 Å². The number of benzene rings is 1. The van der Waals surface area contributed by atoms with E-state index in [0.717, 1.165) is 35.7 Å². The Balaban J connectivity index is 1.22. The molecule has 1 aromatic carbocycles. The quantitative estimate of drug-likeness (QED) is 0.717. The topological polar surface area (TPSA) is 61.4 Å². The fraction of sp³-hybridized carbons (Fsp3) is 0.526. The molecule has 0 bridgehead atoms. The molecule has 1 atom stereocenters. The minimum absolute atomic E-state index is 0.193. The second-order valence-corrected chi connectivity index (χ2v) is 9.28. The number of aromatic nitrogens is 2. The van der Waals surface area contributed by atoms with Gasteiger partial charge in [0.1, 0.15) is 0 Å². The Morgan fingerprint density at radius 1 is 1.22 bits per heavy atom. The number of carbonyl (C=O) groups excluding carboxylic acids is 1. The van der Waals surface area contributed by atoms with Crippen molar-refractivity contribution in [2.45, 2.75) is 36.2 Å². The summed E-state index contributed by atoms with van der Waals surface area (Å²) in [4.78, 5) is 17.0. The number of nitrogens with zero attached hydrogens (tertiary/aromatic N) is 4. The number of hydrogen-bond acceptors (Lipinski definition) is 7. The van der Waals surface area contributed by atoms with Gasteiger partial charge in [0, 0.05) is 38.3 Å². The first-order valence-corrected chi connectivity index (χ1v) is 11.3. The molecule has 2 aliphatic rings. The number of anilines is 1. The van der Waals surface area contributed by atoms with Gasteiger partial charge < -0.3 is 10.2 Å². The standard InChI is InChI=1S/C19H25N5OS2/c1-14(15-5-3-2-4-6-15)23-9-11-24(12-10-23)17(25)13-26-19-22-21-18(27-19)20-16-7-8-16/h2-6,14,16H,7-13H2,1H3,(H,20,21). The molecule has 1 saturated carbocycles. The number of hydrogen-bond donors (Lipinski definition) is 1. The van der Waals surface area contributed by atoms with Crippen LogP contribution >= 0.6 is 23.1 Å². The fourth-order valence-electron chi connectivity index (χ4n) is 3.24. The van der Waals surface area contributed by atoms with Crippen LogP contribution in [0.2, 0.25) is 0 Å². The first-order valence-electron chi connectivity index (χ1n) is 9.48. The summed E-state index contributed by atoms with van der Waals surface area (Å²) in [6.45, 7) is 5.66. The van der Waals surface area contributed by atoms with Crippen LogP contribution in [-0.2, 0) is 4.79 Å². The van der Waals surface area contributed by atoms with Gasteiger partial charge in [0.25, 0.3) is 0 Å². The van der Waals surface area contributed by atoms with Crippen LogP contribution < -0.4 is 5.32 Å². The van der Waals surface area contributed by atoms with Crippen molar-refractivity contribution < 1.29 is 4.79 Å². The first kappa shape index (κ1) is 18.7. The molecule has 1 N–H and O–H groups in total. The molecule has 8 heteroatoms. The van der Waals surface area contributed by atoms with Gasteiger partial charge in [0.05, 0.1) is 5.75 Å². The highest BCUT2D eigenvalue weighted by molar-refractivity contribution is 8.01. The van der Waals surface area contributed by atoms with Crippen molar-refractivity contribution in [3.63, 3.8) is 0 Å². The van der Waals surface area contributed by atoms with Gasteiger partial charge in [-0.25, -0.2) is 0 Å². The fourth-order valence-corrected chi connectivity index (χ4v) is 4.98. The lowest BCUT2D eigenvalue weighted by Crippen LogP contribution is -2.49. The Kier molecular flexibility index (Phi) is 5.95. The summed E-state index contributed by atoms with van der Waals surface area (Å²) in [5.41, 5.74) is 1.33. The SMILES string of the molecule is CC(c1ccccc1)N1CCN(C(=O)CSc2nnc(NC3CC3)s2)CC1. The van der Waals surface area contributed by atoms with Crippen LogP contribution in [0.25, 0.3) is 0 Å². The zero-order valence-corrected chi connectivity index (χ0v) is 17.1. The van der Waals surface area contributed by atoms with Crippen molar-refractivity contribution in [2.24, 2.45) is 0 Å². The van der Waals surface area contributed by atoms with E-state index in [2.05, 4.69) is 51.6 Å². The molecule has 0 spiro atoms. The van der Waals surface area contributed by atoms with E-state index in [1.54, 1.807) is 11.3 Å². The molecule has 1 amide bonds. The summed E-state index contributed by atoms with van der Waals surface area (Å²) in [6.07, 6.45) is 2.44. The molecule has 2 aromatic rings. The minimum Gasteiger partial charge on any atom is -0.357 e. The predicted octanol–water partition coefficient (Wildman–Crippen LogP) is 3.11. The third-order valence-corrected chi connectivity index (χ3v) is 7.10. The Bertz CT molecular complexity index is 756. The summed E-state index contributed by atoms with van der Waals surface area (Å²) >= 11 is 3.04. The summed E-state index contributed by atoms with van der Waals surface area (Å²) in [5, 5.41) is 12.5. The highest BCUT2D eigenvalue weighted by atomic mass is 32.2. The number of rotatable bonds is 7. The average molecular weight is 404 g/mol. The second kappa shape index (κ2) is 8.58. The molecule has 2 heterocycles. The van der Waals surface area contributed by atoms with Crippen molar-refractivity contribution in [1.29, 1.82) is 0 Å². The van der Waals surface area contributed by atoms with Crippen LogP contribution in [-0.4, -0.2) is 63.9 Å². The van der Waals surface area contributed by atoms with Crippen molar-refractivity contribution in [1.82, 2.24) is 20.0 Å². The lowest BCUT2D eigenvalue weighted by molar-refractivity contribution is -0.130. The molecule has 6 nitrogen and oxygen atoms in total. The Labute approximate surface area is 168 Å². The lowest BCUT2D eigenvalue weighted by Gasteiger charge is -2.38. The van der Waals surface area contributed by atoms with E-state index in [1.165, 1.54) is 30.2 Å². The number of nitrogens with one attached hydrogen (secondary N) is 1. The number of thioether (sulfide) groups is 1. The van der Waals surface area contributed by atoms with Gasteiger partial charge in [-0.05, 0) is 25.3 Å². The molecule has 1 aliphatic heterocycles. The largest absolute Gasteiger partial charge is 0.357 e. The van der Waals surface area contributed by atoms with Gasteiger partial charge in [0.15, 0.2) is 4.34 Å². The normalized spacial score (nSPS) is 19.1. The summed E-state index contributed by atoms with van der Waals surface area (Å²) in [6, 6.07) is 11.5. The molecule has 1 saturated heterocycles. The van der Waals surface area contributed by atoms with Crippen molar-refractivity contribution in [3.05, 3.63) is 35.9 Å². The molecule has 2 fully saturated rings. The average Bonchev–Trinajstić information content (AvgIpc) is 3.42. The maximum atomic E-state index is 12.5. The van der Waals surface area contributed by atoms with Gasteiger partial charge in [0.2, 0.25) is 11.0 Å². The zero-order chi connectivity index (χ0) is 18.6. The van der Waals surface area contributed by atoms with Crippen molar-refractivity contribution >= 4 is 34.1 Å². The van der Waals surface area contributed by atoms with Gasteiger partial charge in [-0.3, -0.25) is 9.69 Å². The van der Waals surface area contributed by atoms with Gasteiger partial charge in [-0.15, -0.1) is 10.2 Å². The molecule has 144 valence electrons. The molecule has 1 aliphatic carbocycles. The van der Waals surface area contributed by atoms with Crippen LogP contribution in [0.1, 0.15) is 31.4 Å². The van der Waals surface area contributed by atoms with Crippen molar-refractivity contribution in [2.75, 3.05) is 37.2 Å². The van der Waals surface area contributed by atoms with Gasteiger partial charge in [-0.1, -0.05) is 53.4 Å². The monoisotopic (exact) mass is 403 g/mol. The lowest BCUT2D eigenvalue weighted by atomic mass is 10.1. The van der Waals surface area contributed by atoms with Crippen LogP contribution in [0.4, 0.5) is 5.13 Å². The maximum absolute atomic E-state index is 12.5. The van der Waals surface area contributed by atoms with E-state index >= 15 is 0 Å². The Morgan fingerprint density at radius 3 is 2.67 bits per heavy atom. The van der Waals surface area contributed by atoms with E-state index in [1.807, 2.05) is 11.0 Å². The molecular formula is C19H25N5OS2. The number of carbonyl (C=O) groups is 1. The first-order chi connectivity index (χ1) is 13.2. The van der Waals surface area contributed by atoms with E-state index in [9.17, 15) is 4.79 Å². The van der Waals surface area contributed by atoms with E-state index < -0.39 is 0 Å². The highest BCUT2D eigenvalue weighted by Crippen LogP contribution is 2.30. The predicted molar refractivity (Wildman–Crippen MR) is 110 cm³/mol. The smallest absolute Gasteiger partial charge is 0.233 e. The maximum Gasteiger partial charge on any atom is 0.233 e. The van der Waals surface area contributed by atoms with Crippen molar-refractivity contribution in [3.8, 4) is 0 Å². The molecule has 27 heavy (non-hydrogen) atoms. The second-order valence-electron chi connectivity index (χ2n) is 7.08. The Hall–Kier alpha value is -1.64. The van der Waals surface area contributed by atoms with Crippen LogP contribution in [0, 0.1) is 0 Å². The molecular weight excluding hydrogens is 378 g/mol. The number of amides is 1. The zero-order valence-electron chi connectivity index (χ0n) is 15.5. The minimum atomic E-state index is 0.193. The van der Waals surface area contributed by atoms with E-state index in [4.69, 9.17) is 0 Å². The summed E-state index contributed by atoms with van der Waals surface area (Å²) < 4.78 is 0.864. The van der Waals surface area contributed by atoms with Gasteiger partial charge in [-0.2, -0.15) is 0 Å². The van der Waals surface area contributed by atoms with Crippen LogP contribution in [0.15, 0.2) is 34.7 Å². The molecule has 1 unspecified atom stereocenters. The summed E-state index contributed by atoms with van der Waals surface area (Å²) in [5.74, 6) is 0.630. The Morgan fingerprint density at radius 2 is 1.96 bits per heavy atom. The number of piperazine rings is 1. The van der Waals surface area contributed by atoms with Crippen LogP contribution in [0.3, 0.4) is 0 Å². The summed E-state index contributed by atoms with van der Waals surface area (Å²) in [7, 11) is 0. The van der Waals surface area contributed by atoms with E-state index in [-0.39, 0.29) is 5.91 Å².